The summed E-state index contributed by atoms with van der Waals surface area (Å²) in [5.74, 6) is -0.234. The molecular formula is C15H19ClN2O2. The molecule has 0 spiro atoms. The molecule has 1 saturated carbocycles. The fourth-order valence-corrected chi connectivity index (χ4v) is 3.16. The molecule has 108 valence electrons. The van der Waals surface area contributed by atoms with Gasteiger partial charge in [-0.15, -0.1) is 12.4 Å². The van der Waals surface area contributed by atoms with Crippen LogP contribution in [0.15, 0.2) is 24.3 Å². The molecule has 2 amide bonds. The standard InChI is InChI=1S/C15H18N2O2.ClH/c1-16-10-6-8-11(9-7-10)17-14(18)12-4-2-3-5-13(12)15(17)19;/h2-5,10-11,16H,6-9H2,1H3;1H. The first-order valence-electron chi connectivity index (χ1n) is 6.86. The summed E-state index contributed by atoms with van der Waals surface area (Å²) in [4.78, 5) is 26.2. The summed E-state index contributed by atoms with van der Waals surface area (Å²) < 4.78 is 0. The number of imide groups is 1. The molecular weight excluding hydrogens is 276 g/mol. The lowest BCUT2D eigenvalue weighted by Gasteiger charge is -2.33. The van der Waals surface area contributed by atoms with Crippen LogP contribution in [0, 0.1) is 0 Å². The van der Waals surface area contributed by atoms with E-state index in [-0.39, 0.29) is 30.3 Å². The molecule has 20 heavy (non-hydrogen) atoms. The first-order valence-corrected chi connectivity index (χ1v) is 6.86. The van der Waals surface area contributed by atoms with Crippen molar-refractivity contribution in [2.45, 2.75) is 37.8 Å². The van der Waals surface area contributed by atoms with Crippen molar-refractivity contribution in [1.82, 2.24) is 10.2 Å². The molecule has 2 aliphatic rings. The minimum Gasteiger partial charge on any atom is -0.317 e. The molecule has 1 aliphatic heterocycles. The molecule has 3 rings (SSSR count). The third kappa shape index (κ3) is 2.34. The number of fused-ring (bicyclic) bond motifs is 1. The van der Waals surface area contributed by atoms with E-state index in [1.165, 1.54) is 4.90 Å². The van der Waals surface area contributed by atoms with Crippen molar-refractivity contribution in [2.24, 2.45) is 0 Å². The molecule has 0 saturated heterocycles. The summed E-state index contributed by atoms with van der Waals surface area (Å²) in [5, 5.41) is 3.27. The van der Waals surface area contributed by atoms with E-state index >= 15 is 0 Å². The molecule has 1 heterocycles. The Morgan fingerprint density at radius 3 is 1.95 bits per heavy atom. The smallest absolute Gasteiger partial charge is 0.261 e. The van der Waals surface area contributed by atoms with Crippen molar-refractivity contribution in [3.05, 3.63) is 35.4 Å². The maximum atomic E-state index is 12.3. The van der Waals surface area contributed by atoms with Crippen LogP contribution in [0.4, 0.5) is 0 Å². The largest absolute Gasteiger partial charge is 0.317 e. The number of carbonyl (C=O) groups excluding carboxylic acids is 2. The maximum Gasteiger partial charge on any atom is 0.261 e. The third-order valence-corrected chi connectivity index (χ3v) is 4.30. The van der Waals surface area contributed by atoms with Crippen molar-refractivity contribution in [3.8, 4) is 0 Å². The maximum absolute atomic E-state index is 12.3. The molecule has 1 aromatic carbocycles. The number of halogens is 1. The number of rotatable bonds is 2. The molecule has 0 bridgehead atoms. The Kier molecular flexibility index (Phi) is 4.45. The highest BCUT2D eigenvalue weighted by atomic mass is 35.5. The summed E-state index contributed by atoms with van der Waals surface area (Å²) in [6.45, 7) is 0. The van der Waals surface area contributed by atoms with Crippen LogP contribution < -0.4 is 5.32 Å². The lowest BCUT2D eigenvalue weighted by atomic mass is 9.90. The zero-order chi connectivity index (χ0) is 13.4. The first-order chi connectivity index (χ1) is 9.22. The van der Waals surface area contributed by atoms with E-state index in [0.29, 0.717) is 17.2 Å². The molecule has 0 atom stereocenters. The van der Waals surface area contributed by atoms with Crippen molar-refractivity contribution in [3.63, 3.8) is 0 Å². The van der Waals surface area contributed by atoms with Crippen LogP contribution in [0.5, 0.6) is 0 Å². The normalized spacial score (nSPS) is 25.4. The average molecular weight is 295 g/mol. The van der Waals surface area contributed by atoms with E-state index in [2.05, 4.69) is 5.32 Å². The quantitative estimate of drug-likeness (QED) is 0.851. The van der Waals surface area contributed by atoms with E-state index in [4.69, 9.17) is 0 Å². The molecule has 1 aliphatic carbocycles. The van der Waals surface area contributed by atoms with Gasteiger partial charge >= 0.3 is 0 Å². The number of amides is 2. The number of nitrogens with one attached hydrogen (secondary N) is 1. The van der Waals surface area contributed by atoms with Crippen LogP contribution in [-0.2, 0) is 0 Å². The summed E-state index contributed by atoms with van der Waals surface area (Å²) in [6, 6.07) is 7.70. The van der Waals surface area contributed by atoms with Gasteiger partial charge in [-0.25, -0.2) is 0 Å². The Morgan fingerprint density at radius 1 is 1.00 bits per heavy atom. The van der Waals surface area contributed by atoms with Crippen LogP contribution in [0.1, 0.15) is 46.4 Å². The Labute approximate surface area is 124 Å². The van der Waals surface area contributed by atoms with Crippen LogP contribution in [0.25, 0.3) is 0 Å². The highest BCUT2D eigenvalue weighted by molar-refractivity contribution is 6.21. The summed E-state index contributed by atoms with van der Waals surface area (Å²) in [6.07, 6.45) is 3.84. The number of benzene rings is 1. The van der Waals surface area contributed by atoms with Gasteiger partial charge in [0.2, 0.25) is 0 Å². The predicted molar refractivity (Wildman–Crippen MR) is 79.3 cm³/mol. The van der Waals surface area contributed by atoms with E-state index in [9.17, 15) is 9.59 Å². The Balaban J connectivity index is 0.00000147. The van der Waals surface area contributed by atoms with Crippen molar-refractivity contribution in [2.75, 3.05) is 7.05 Å². The van der Waals surface area contributed by atoms with Gasteiger partial charge in [0, 0.05) is 12.1 Å². The lowest BCUT2D eigenvalue weighted by Crippen LogP contribution is -2.44. The summed E-state index contributed by atoms with van der Waals surface area (Å²) in [5.41, 5.74) is 1.12. The topological polar surface area (TPSA) is 49.4 Å². The third-order valence-electron chi connectivity index (χ3n) is 4.30. The first kappa shape index (κ1) is 15.0. The van der Waals surface area contributed by atoms with Crippen molar-refractivity contribution >= 4 is 24.2 Å². The van der Waals surface area contributed by atoms with E-state index < -0.39 is 0 Å². The number of hydrogen-bond donors (Lipinski definition) is 1. The fraction of sp³-hybridized carbons (Fsp3) is 0.467. The van der Waals surface area contributed by atoms with Gasteiger partial charge in [0.05, 0.1) is 11.1 Å². The van der Waals surface area contributed by atoms with Crippen LogP contribution in [-0.4, -0.2) is 35.8 Å². The summed E-state index contributed by atoms with van der Waals surface area (Å²) in [7, 11) is 1.97. The van der Waals surface area contributed by atoms with Crippen LogP contribution in [0.3, 0.4) is 0 Å². The zero-order valence-corrected chi connectivity index (χ0v) is 12.3. The van der Waals surface area contributed by atoms with E-state index in [1.54, 1.807) is 12.1 Å². The van der Waals surface area contributed by atoms with E-state index in [0.717, 1.165) is 25.7 Å². The molecule has 1 aromatic rings. The van der Waals surface area contributed by atoms with Crippen LogP contribution >= 0.6 is 12.4 Å². The minimum absolute atomic E-state index is 0. The Hall–Kier alpha value is -1.39. The van der Waals surface area contributed by atoms with E-state index in [1.807, 2.05) is 19.2 Å². The zero-order valence-electron chi connectivity index (χ0n) is 11.5. The van der Waals surface area contributed by atoms with Crippen molar-refractivity contribution < 1.29 is 9.59 Å². The minimum atomic E-state index is -0.117. The second-order valence-electron chi connectivity index (χ2n) is 5.32. The van der Waals surface area contributed by atoms with Gasteiger partial charge < -0.3 is 5.32 Å². The van der Waals surface area contributed by atoms with Gasteiger partial charge in [0.15, 0.2) is 0 Å². The van der Waals surface area contributed by atoms with Gasteiger partial charge in [-0.05, 0) is 44.9 Å². The van der Waals surface area contributed by atoms with Gasteiger partial charge in [-0.3, -0.25) is 14.5 Å². The highest BCUT2D eigenvalue weighted by Crippen LogP contribution is 2.30. The van der Waals surface area contributed by atoms with Gasteiger partial charge in [0.1, 0.15) is 0 Å². The fourth-order valence-electron chi connectivity index (χ4n) is 3.16. The summed E-state index contributed by atoms with van der Waals surface area (Å²) >= 11 is 0. The average Bonchev–Trinajstić information content (AvgIpc) is 2.72. The molecule has 0 radical (unpaired) electrons. The Morgan fingerprint density at radius 2 is 1.50 bits per heavy atom. The second-order valence-corrected chi connectivity index (χ2v) is 5.32. The van der Waals surface area contributed by atoms with Gasteiger partial charge in [-0.1, -0.05) is 12.1 Å². The number of carbonyl (C=O) groups is 2. The van der Waals surface area contributed by atoms with Gasteiger partial charge in [-0.2, -0.15) is 0 Å². The second kappa shape index (κ2) is 5.94. The number of nitrogens with zero attached hydrogens (tertiary/aromatic N) is 1. The van der Waals surface area contributed by atoms with Gasteiger partial charge in [0.25, 0.3) is 11.8 Å². The monoisotopic (exact) mass is 294 g/mol. The molecule has 4 nitrogen and oxygen atoms in total. The lowest BCUT2D eigenvalue weighted by molar-refractivity contribution is 0.0539. The molecule has 1 N–H and O–H groups in total. The van der Waals surface area contributed by atoms with Crippen LogP contribution in [0.2, 0.25) is 0 Å². The molecule has 1 fully saturated rings. The predicted octanol–water partition coefficient (Wildman–Crippen LogP) is 2.24. The SMILES string of the molecule is CNC1CCC(N2C(=O)c3ccccc3C2=O)CC1.Cl. The number of hydrogen-bond acceptors (Lipinski definition) is 3. The Bertz CT molecular complexity index is 489. The van der Waals surface area contributed by atoms with Crippen molar-refractivity contribution in [1.29, 1.82) is 0 Å². The molecule has 0 aromatic heterocycles. The highest BCUT2D eigenvalue weighted by Gasteiger charge is 2.40. The molecule has 5 heteroatoms. The molecule has 0 unspecified atom stereocenters.